The van der Waals surface area contributed by atoms with Gasteiger partial charge in [-0.3, -0.25) is 0 Å². The average Bonchev–Trinajstić information content (AvgIpc) is 2.22. The maximum absolute atomic E-state index is 11.2. The molecule has 0 unspecified atom stereocenters. The maximum atomic E-state index is 11.2. The van der Waals surface area contributed by atoms with Crippen LogP contribution in [0.25, 0.3) is 0 Å². The van der Waals surface area contributed by atoms with Crippen molar-refractivity contribution in [2.45, 2.75) is 24.3 Å². The second kappa shape index (κ2) is 4.61. The Kier molecular flexibility index (Phi) is 3.70. The number of hydrogen-bond donors (Lipinski definition) is 0. The Morgan fingerprint density at radius 1 is 1.21 bits per heavy atom. The van der Waals surface area contributed by atoms with Crippen molar-refractivity contribution in [3.63, 3.8) is 0 Å². The zero-order valence-electron chi connectivity index (χ0n) is 8.51. The van der Waals surface area contributed by atoms with Crippen LogP contribution >= 0.6 is 0 Å². The molecule has 0 N–H and O–H groups in total. The first-order chi connectivity index (χ1) is 6.67. The van der Waals surface area contributed by atoms with Crippen LogP contribution in [0.15, 0.2) is 30.3 Å². The van der Waals surface area contributed by atoms with Crippen LogP contribution in [0.5, 0.6) is 0 Å². The van der Waals surface area contributed by atoms with E-state index in [1.165, 1.54) is 0 Å². The molecule has 0 aliphatic rings. The third kappa shape index (κ3) is 1.83. The molecule has 0 saturated heterocycles. The van der Waals surface area contributed by atoms with E-state index in [4.69, 9.17) is 0 Å². The van der Waals surface area contributed by atoms with Crippen molar-refractivity contribution in [1.29, 1.82) is 0 Å². The van der Waals surface area contributed by atoms with Crippen LogP contribution in [0.2, 0.25) is 10.4 Å². The van der Waals surface area contributed by atoms with Gasteiger partial charge in [0.1, 0.15) is 0 Å². The Labute approximate surface area is 87.0 Å². The molecule has 0 spiro atoms. The molecule has 1 aromatic carbocycles. The fourth-order valence-corrected chi connectivity index (χ4v) is 6.98. The van der Waals surface area contributed by atoms with Gasteiger partial charge in [0.15, 0.2) is 0 Å². The van der Waals surface area contributed by atoms with Gasteiger partial charge in [-0.05, 0) is 0 Å². The molecular weight excluding hydrogens is 241 g/mol. The van der Waals surface area contributed by atoms with Gasteiger partial charge in [-0.15, -0.1) is 0 Å². The van der Waals surface area contributed by atoms with E-state index in [1.807, 2.05) is 44.2 Å². The summed E-state index contributed by atoms with van der Waals surface area (Å²) in [5.41, 5.74) is 0. The van der Waals surface area contributed by atoms with Crippen molar-refractivity contribution >= 4 is 18.1 Å². The first-order valence-electron chi connectivity index (χ1n) is 4.75. The van der Waals surface area contributed by atoms with Gasteiger partial charge in [0, 0.05) is 0 Å². The number of nitrogens with zero attached hydrogens (tertiary/aromatic N) is 1. The molecule has 0 aliphatic heterocycles. The van der Waals surface area contributed by atoms with Gasteiger partial charge < -0.3 is 0 Å². The first kappa shape index (κ1) is 11.3. The van der Waals surface area contributed by atoms with E-state index >= 15 is 0 Å². The summed E-state index contributed by atoms with van der Waals surface area (Å²) in [6.07, 6.45) is 0. The summed E-state index contributed by atoms with van der Waals surface area (Å²) in [4.78, 5) is 11.2. The summed E-state index contributed by atoms with van der Waals surface area (Å²) in [6, 6.07) is 9.49. The molecule has 14 heavy (non-hydrogen) atoms. The summed E-state index contributed by atoms with van der Waals surface area (Å²) < 4.78 is 0.980. The van der Waals surface area contributed by atoms with E-state index in [1.54, 1.807) is 0 Å². The molecule has 0 saturated carbocycles. The molecule has 1 aromatic rings. The topological polar surface area (TPSA) is 43.1 Å². The SMILES string of the molecule is CC[As](CC)(c1ccccc1)[N+](=O)[O-]. The summed E-state index contributed by atoms with van der Waals surface area (Å²) >= 11 is -2.85. The molecule has 0 aliphatic carbocycles. The summed E-state index contributed by atoms with van der Waals surface area (Å²) in [5.74, 6) is 0. The normalized spacial score (nSPS) is 11.3. The van der Waals surface area contributed by atoms with E-state index in [0.717, 1.165) is 4.35 Å². The van der Waals surface area contributed by atoms with Gasteiger partial charge in [0.25, 0.3) is 0 Å². The van der Waals surface area contributed by atoms with Crippen LogP contribution in [-0.2, 0) is 0 Å². The zero-order chi connectivity index (χ0) is 10.6. The number of benzene rings is 1. The molecule has 1 radical (unpaired) electrons. The summed E-state index contributed by atoms with van der Waals surface area (Å²) in [6.45, 7) is 3.87. The van der Waals surface area contributed by atoms with Crippen molar-refractivity contribution in [2.75, 3.05) is 0 Å². The Hall–Kier alpha value is -0.822. The van der Waals surface area contributed by atoms with Crippen molar-refractivity contribution in [3.05, 3.63) is 40.4 Å². The van der Waals surface area contributed by atoms with E-state index in [9.17, 15) is 10.1 Å². The van der Waals surface area contributed by atoms with E-state index in [0.29, 0.717) is 10.4 Å². The second-order valence-electron chi connectivity index (χ2n) is 3.13. The van der Waals surface area contributed by atoms with E-state index < -0.39 is 13.8 Å². The molecular formula is C10H15AsNO2. The zero-order valence-corrected chi connectivity index (χ0v) is 10.4. The number of rotatable bonds is 4. The molecule has 77 valence electrons. The quantitative estimate of drug-likeness (QED) is 0.470. The van der Waals surface area contributed by atoms with Gasteiger partial charge in [0.05, 0.1) is 0 Å². The minimum absolute atomic E-state index is 0.00752. The Bertz CT molecular complexity index is 309. The van der Waals surface area contributed by atoms with Crippen molar-refractivity contribution < 1.29 is 3.84 Å². The van der Waals surface area contributed by atoms with Crippen LogP contribution in [0.1, 0.15) is 13.8 Å². The van der Waals surface area contributed by atoms with Crippen LogP contribution in [0, 0.1) is 10.1 Å². The molecule has 1 rings (SSSR count). The Morgan fingerprint density at radius 3 is 2.07 bits per heavy atom. The van der Waals surface area contributed by atoms with Crippen molar-refractivity contribution in [1.82, 2.24) is 0 Å². The fourth-order valence-electron chi connectivity index (χ4n) is 1.62. The monoisotopic (exact) mass is 256 g/mol. The van der Waals surface area contributed by atoms with Crippen molar-refractivity contribution in [3.8, 4) is 0 Å². The predicted octanol–water partition coefficient (Wildman–Crippen LogP) is 2.16. The molecule has 3 nitrogen and oxygen atoms in total. The van der Waals surface area contributed by atoms with Gasteiger partial charge in [-0.2, -0.15) is 0 Å². The predicted molar refractivity (Wildman–Crippen MR) is 59.8 cm³/mol. The molecule has 0 aromatic heterocycles. The average molecular weight is 256 g/mol. The van der Waals surface area contributed by atoms with Gasteiger partial charge in [0.2, 0.25) is 0 Å². The summed E-state index contributed by atoms with van der Waals surface area (Å²) in [5, 5.41) is 12.6. The molecule has 4 heteroatoms. The Balaban J connectivity index is 3.18. The fraction of sp³-hybridized carbons (Fsp3) is 0.400. The third-order valence-corrected chi connectivity index (χ3v) is 10.9. The van der Waals surface area contributed by atoms with Crippen LogP contribution in [0.4, 0.5) is 0 Å². The number of hydrogen-bond acceptors (Lipinski definition) is 2. The minimum atomic E-state index is -2.85. The third-order valence-electron chi connectivity index (χ3n) is 2.60. The van der Waals surface area contributed by atoms with Gasteiger partial charge in [-0.1, -0.05) is 0 Å². The second-order valence-corrected chi connectivity index (χ2v) is 11.4. The molecule has 0 bridgehead atoms. The first-order valence-corrected chi connectivity index (χ1v) is 9.18. The van der Waals surface area contributed by atoms with Gasteiger partial charge in [-0.25, -0.2) is 0 Å². The van der Waals surface area contributed by atoms with Crippen LogP contribution < -0.4 is 4.35 Å². The number of nitro groups is 1. The van der Waals surface area contributed by atoms with E-state index in [2.05, 4.69) is 0 Å². The van der Waals surface area contributed by atoms with Crippen molar-refractivity contribution in [2.24, 2.45) is 0 Å². The summed E-state index contributed by atoms with van der Waals surface area (Å²) in [7, 11) is 0. The van der Waals surface area contributed by atoms with Gasteiger partial charge >= 0.3 is 86.7 Å². The molecule has 0 heterocycles. The Morgan fingerprint density at radius 2 is 1.71 bits per heavy atom. The molecule has 0 fully saturated rings. The van der Waals surface area contributed by atoms with E-state index in [-0.39, 0.29) is 3.84 Å². The standard InChI is InChI=1S/C10H15AsNO2/c1-3-11(4-2,12(13)14)10-8-6-5-7-9-10/h5-9H,3-4H2,1-2H3. The molecule has 0 atom stereocenters. The van der Waals surface area contributed by atoms with Crippen LogP contribution in [0.3, 0.4) is 0 Å². The molecule has 0 amide bonds. The van der Waals surface area contributed by atoms with Crippen LogP contribution in [-0.4, -0.2) is 17.6 Å².